The number of nitrogens with zero attached hydrogens (tertiary/aromatic N) is 3. The van der Waals surface area contributed by atoms with E-state index < -0.39 is 11.7 Å². The molecule has 4 aromatic rings. The number of amides is 1. The van der Waals surface area contributed by atoms with Gasteiger partial charge in [-0.3, -0.25) is 9.78 Å². The Labute approximate surface area is 143 Å². The molecule has 3 aromatic heterocycles. The number of anilines is 1. The summed E-state index contributed by atoms with van der Waals surface area (Å²) in [6, 6.07) is 7.24. The van der Waals surface area contributed by atoms with Crippen LogP contribution in [0.2, 0.25) is 0 Å². The number of H-pyrrole nitrogens is 1. The molecule has 118 valence electrons. The number of fused-ring (bicyclic) bond motifs is 2. The molecular weight excluding hydrogens is 377 g/mol. The van der Waals surface area contributed by atoms with Crippen LogP contribution >= 0.6 is 15.9 Å². The summed E-state index contributed by atoms with van der Waals surface area (Å²) < 4.78 is 14.5. The molecule has 0 fully saturated rings. The SMILES string of the molecule is O=C(Nc1c[nH]c2ncc(Br)c(F)c12)c1cnc2ccccc2n1. The summed E-state index contributed by atoms with van der Waals surface area (Å²) in [7, 11) is 0. The van der Waals surface area contributed by atoms with Gasteiger partial charge in [0, 0.05) is 12.4 Å². The van der Waals surface area contributed by atoms with Crippen molar-refractivity contribution in [2.75, 3.05) is 5.32 Å². The second kappa shape index (κ2) is 5.64. The molecule has 1 aromatic carbocycles. The zero-order chi connectivity index (χ0) is 16.7. The second-order valence-corrected chi connectivity index (χ2v) is 5.90. The van der Waals surface area contributed by atoms with E-state index >= 15 is 0 Å². The van der Waals surface area contributed by atoms with E-state index in [0.29, 0.717) is 16.7 Å². The van der Waals surface area contributed by atoms with Crippen LogP contribution in [0.5, 0.6) is 0 Å². The van der Waals surface area contributed by atoms with Crippen LogP contribution in [0.4, 0.5) is 10.1 Å². The van der Waals surface area contributed by atoms with Crippen LogP contribution in [0.15, 0.2) is 47.3 Å². The number of benzene rings is 1. The van der Waals surface area contributed by atoms with Crippen molar-refractivity contribution >= 4 is 49.6 Å². The summed E-state index contributed by atoms with van der Waals surface area (Å²) in [5.41, 5.74) is 2.08. The molecule has 0 bridgehead atoms. The highest BCUT2D eigenvalue weighted by molar-refractivity contribution is 9.10. The first-order valence-electron chi connectivity index (χ1n) is 6.97. The Morgan fingerprint density at radius 3 is 2.79 bits per heavy atom. The van der Waals surface area contributed by atoms with Crippen molar-refractivity contribution in [2.45, 2.75) is 0 Å². The zero-order valence-corrected chi connectivity index (χ0v) is 13.6. The third-order valence-electron chi connectivity index (χ3n) is 3.52. The number of carbonyl (C=O) groups is 1. The van der Waals surface area contributed by atoms with E-state index in [1.54, 1.807) is 6.07 Å². The number of aromatic nitrogens is 4. The standard InChI is InChI=1S/C16H9BrFN5O/c17-8-5-20-15-13(14(8)18)11(6-21-15)23-16(24)12-7-19-9-3-1-2-4-10(9)22-12/h1-7H,(H,20,21)(H,23,24). The van der Waals surface area contributed by atoms with E-state index in [0.717, 1.165) is 0 Å². The van der Waals surface area contributed by atoms with Gasteiger partial charge in [-0.2, -0.15) is 0 Å². The number of hydrogen-bond donors (Lipinski definition) is 2. The third kappa shape index (κ3) is 2.41. The quantitative estimate of drug-likeness (QED) is 0.551. The van der Waals surface area contributed by atoms with Crippen LogP contribution in [-0.4, -0.2) is 25.8 Å². The van der Waals surface area contributed by atoms with Crippen molar-refractivity contribution < 1.29 is 9.18 Å². The summed E-state index contributed by atoms with van der Waals surface area (Å²) in [5.74, 6) is -0.977. The van der Waals surface area contributed by atoms with Crippen LogP contribution < -0.4 is 5.32 Å². The van der Waals surface area contributed by atoms with Gasteiger partial charge in [-0.1, -0.05) is 12.1 Å². The van der Waals surface area contributed by atoms with Crippen molar-refractivity contribution in [3.05, 3.63) is 58.8 Å². The Morgan fingerprint density at radius 2 is 1.96 bits per heavy atom. The first kappa shape index (κ1) is 14.7. The Morgan fingerprint density at radius 1 is 1.17 bits per heavy atom. The minimum absolute atomic E-state index is 0.145. The third-order valence-corrected chi connectivity index (χ3v) is 4.08. The predicted molar refractivity (Wildman–Crippen MR) is 91.2 cm³/mol. The largest absolute Gasteiger partial charge is 0.344 e. The number of nitrogens with one attached hydrogen (secondary N) is 2. The van der Waals surface area contributed by atoms with Gasteiger partial charge in [0.25, 0.3) is 5.91 Å². The van der Waals surface area contributed by atoms with Crippen LogP contribution in [-0.2, 0) is 0 Å². The number of hydrogen-bond acceptors (Lipinski definition) is 4. The Balaban J connectivity index is 1.72. The lowest BCUT2D eigenvalue weighted by atomic mass is 10.2. The molecule has 0 aliphatic rings. The smallest absolute Gasteiger partial charge is 0.275 e. The molecule has 0 saturated heterocycles. The Hall–Kier alpha value is -2.87. The van der Waals surface area contributed by atoms with E-state index in [9.17, 15) is 9.18 Å². The molecule has 0 radical (unpaired) electrons. The molecule has 0 saturated carbocycles. The van der Waals surface area contributed by atoms with Crippen molar-refractivity contribution in [1.29, 1.82) is 0 Å². The van der Waals surface area contributed by atoms with E-state index in [1.165, 1.54) is 18.6 Å². The highest BCUT2D eigenvalue weighted by atomic mass is 79.9. The maximum absolute atomic E-state index is 14.3. The summed E-state index contributed by atoms with van der Waals surface area (Å²) in [6.07, 6.45) is 4.23. The highest BCUT2D eigenvalue weighted by Crippen LogP contribution is 2.29. The lowest BCUT2D eigenvalue weighted by Gasteiger charge is -2.05. The summed E-state index contributed by atoms with van der Waals surface area (Å²) >= 11 is 3.09. The fraction of sp³-hybridized carbons (Fsp3) is 0. The molecule has 6 nitrogen and oxygen atoms in total. The van der Waals surface area contributed by atoms with Gasteiger partial charge in [0.2, 0.25) is 0 Å². The number of para-hydroxylation sites is 2. The monoisotopic (exact) mass is 385 g/mol. The molecule has 4 rings (SSSR count). The minimum atomic E-state index is -0.499. The molecule has 0 aliphatic heterocycles. The maximum atomic E-state index is 14.3. The lowest BCUT2D eigenvalue weighted by molar-refractivity contribution is 0.102. The van der Waals surface area contributed by atoms with Crippen molar-refractivity contribution in [3.63, 3.8) is 0 Å². The topological polar surface area (TPSA) is 83.6 Å². The first-order valence-corrected chi connectivity index (χ1v) is 7.77. The van der Waals surface area contributed by atoms with E-state index in [-0.39, 0.29) is 21.2 Å². The van der Waals surface area contributed by atoms with Crippen LogP contribution in [0.3, 0.4) is 0 Å². The van der Waals surface area contributed by atoms with E-state index in [2.05, 4.69) is 41.2 Å². The van der Waals surface area contributed by atoms with Gasteiger partial charge in [0.05, 0.1) is 32.8 Å². The normalized spacial score (nSPS) is 11.1. The highest BCUT2D eigenvalue weighted by Gasteiger charge is 2.16. The molecule has 0 atom stereocenters. The fourth-order valence-electron chi connectivity index (χ4n) is 2.39. The molecule has 0 aliphatic carbocycles. The predicted octanol–water partition coefficient (Wildman–Crippen LogP) is 3.66. The molecule has 24 heavy (non-hydrogen) atoms. The molecule has 2 N–H and O–H groups in total. The van der Waals surface area contributed by atoms with Gasteiger partial charge in [-0.05, 0) is 28.1 Å². The van der Waals surface area contributed by atoms with E-state index in [1.807, 2.05) is 18.2 Å². The lowest BCUT2D eigenvalue weighted by Crippen LogP contribution is -2.14. The van der Waals surface area contributed by atoms with Gasteiger partial charge >= 0.3 is 0 Å². The van der Waals surface area contributed by atoms with Gasteiger partial charge in [0.1, 0.15) is 11.3 Å². The number of rotatable bonds is 2. The Bertz CT molecular complexity index is 1090. The van der Waals surface area contributed by atoms with Gasteiger partial charge in [-0.25, -0.2) is 14.4 Å². The molecule has 1 amide bonds. The first-order chi connectivity index (χ1) is 11.6. The second-order valence-electron chi connectivity index (χ2n) is 5.04. The van der Waals surface area contributed by atoms with Crippen LogP contribution in [0.1, 0.15) is 10.5 Å². The zero-order valence-electron chi connectivity index (χ0n) is 12.0. The molecule has 0 unspecified atom stereocenters. The number of aromatic amines is 1. The average Bonchev–Trinajstić information content (AvgIpc) is 3.01. The molecule has 0 spiro atoms. The minimum Gasteiger partial charge on any atom is -0.344 e. The van der Waals surface area contributed by atoms with Crippen LogP contribution in [0.25, 0.3) is 22.1 Å². The Kier molecular flexibility index (Phi) is 3.46. The van der Waals surface area contributed by atoms with Gasteiger partial charge < -0.3 is 10.3 Å². The molecule has 3 heterocycles. The van der Waals surface area contributed by atoms with Gasteiger partial charge in [0.15, 0.2) is 5.82 Å². The van der Waals surface area contributed by atoms with Crippen molar-refractivity contribution in [1.82, 2.24) is 19.9 Å². The number of carbonyl (C=O) groups excluding carboxylic acids is 1. The van der Waals surface area contributed by atoms with Crippen LogP contribution in [0, 0.1) is 5.82 Å². The van der Waals surface area contributed by atoms with Crippen molar-refractivity contribution in [3.8, 4) is 0 Å². The summed E-state index contributed by atoms with van der Waals surface area (Å²) in [6.45, 7) is 0. The number of halogens is 2. The molecule has 8 heteroatoms. The van der Waals surface area contributed by atoms with Crippen molar-refractivity contribution in [2.24, 2.45) is 0 Å². The summed E-state index contributed by atoms with van der Waals surface area (Å²) in [5, 5.41) is 2.84. The fourth-order valence-corrected chi connectivity index (χ4v) is 2.69. The van der Waals surface area contributed by atoms with Gasteiger partial charge in [-0.15, -0.1) is 0 Å². The number of pyridine rings is 1. The molecular formula is C16H9BrFN5O. The van der Waals surface area contributed by atoms with E-state index in [4.69, 9.17) is 0 Å². The maximum Gasteiger partial charge on any atom is 0.275 e. The average molecular weight is 386 g/mol. The summed E-state index contributed by atoms with van der Waals surface area (Å²) in [4.78, 5) is 27.8.